The first-order chi connectivity index (χ1) is 14.3. The summed E-state index contributed by atoms with van der Waals surface area (Å²) in [5.41, 5.74) is 0.150. The van der Waals surface area contributed by atoms with Crippen LogP contribution in [-0.4, -0.2) is 61.7 Å². The first-order valence-electron chi connectivity index (χ1n) is 9.20. The maximum atomic E-state index is 13.0. The molecule has 30 heavy (non-hydrogen) atoms. The first-order valence-corrected chi connectivity index (χ1v) is 9.20. The minimum atomic E-state index is -1.65. The van der Waals surface area contributed by atoms with Crippen molar-refractivity contribution in [3.63, 3.8) is 0 Å². The molecule has 0 spiro atoms. The van der Waals surface area contributed by atoms with Gasteiger partial charge in [-0.2, -0.15) is 0 Å². The van der Waals surface area contributed by atoms with E-state index < -0.39 is 42.6 Å². The number of phenols is 2. The number of benzene rings is 2. The second kappa shape index (κ2) is 7.71. The summed E-state index contributed by atoms with van der Waals surface area (Å²) >= 11 is 0. The van der Waals surface area contributed by atoms with Crippen molar-refractivity contribution >= 4 is 11.0 Å². The molecule has 5 atom stereocenters. The van der Waals surface area contributed by atoms with Crippen molar-refractivity contribution in [3.05, 3.63) is 58.4 Å². The Morgan fingerprint density at radius 2 is 1.60 bits per heavy atom. The van der Waals surface area contributed by atoms with Gasteiger partial charge in [0, 0.05) is 0 Å². The molecule has 1 aromatic heterocycles. The Morgan fingerprint density at radius 3 is 2.27 bits per heavy atom. The van der Waals surface area contributed by atoms with Crippen LogP contribution in [0.2, 0.25) is 0 Å². The Hall–Kier alpha value is -2.95. The van der Waals surface area contributed by atoms with Gasteiger partial charge in [0.2, 0.25) is 5.43 Å². The number of aliphatic hydroxyl groups excluding tert-OH is 4. The summed E-state index contributed by atoms with van der Waals surface area (Å²) in [6, 6.07) is 8.54. The molecule has 0 amide bonds. The van der Waals surface area contributed by atoms with Crippen molar-refractivity contribution in [1.82, 2.24) is 0 Å². The number of hydrogen-bond donors (Lipinski definition) is 6. The lowest BCUT2D eigenvalue weighted by molar-refractivity contribution is -0.231. The maximum Gasteiger partial charge on any atom is 0.200 e. The standard InChI is InChI=1S/C21H20O9/c22-7-14-17(26)18(27)19(28)21(30-14)15-13(24)6-5-11-16(25)12(8-29-20(11)15)9-1-3-10(23)4-2-9/h1-6,8,14,17-19,21-24,26-28H,7H2/t14-,17+,18-,19-,21+/m0/s1. The Bertz CT molecular complexity index is 1120. The normalized spacial score (nSPS) is 26.7. The third-order valence-corrected chi connectivity index (χ3v) is 5.31. The van der Waals surface area contributed by atoms with E-state index in [1.807, 2.05) is 0 Å². The van der Waals surface area contributed by atoms with Crippen molar-refractivity contribution in [2.75, 3.05) is 6.61 Å². The molecule has 0 aliphatic carbocycles. The lowest BCUT2D eigenvalue weighted by atomic mass is 9.89. The molecule has 6 N–H and O–H groups in total. The van der Waals surface area contributed by atoms with Crippen LogP contribution in [0.25, 0.3) is 22.1 Å². The summed E-state index contributed by atoms with van der Waals surface area (Å²) in [5.74, 6) is -0.314. The van der Waals surface area contributed by atoms with Gasteiger partial charge in [-0.15, -0.1) is 0 Å². The van der Waals surface area contributed by atoms with Crippen molar-refractivity contribution in [2.45, 2.75) is 30.5 Å². The second-order valence-electron chi connectivity index (χ2n) is 7.15. The number of ether oxygens (including phenoxy) is 1. The predicted molar refractivity (Wildman–Crippen MR) is 104 cm³/mol. The minimum absolute atomic E-state index is 0.0405. The van der Waals surface area contributed by atoms with E-state index in [-0.39, 0.29) is 33.6 Å². The minimum Gasteiger partial charge on any atom is -0.508 e. The Morgan fingerprint density at radius 1 is 0.900 bits per heavy atom. The molecule has 158 valence electrons. The summed E-state index contributed by atoms with van der Waals surface area (Å²) in [4.78, 5) is 13.0. The Balaban J connectivity index is 1.87. The summed E-state index contributed by atoms with van der Waals surface area (Å²) in [6.07, 6.45) is -6.24. The van der Waals surface area contributed by atoms with E-state index in [9.17, 15) is 35.4 Å². The monoisotopic (exact) mass is 416 g/mol. The fourth-order valence-corrected chi connectivity index (χ4v) is 3.67. The van der Waals surface area contributed by atoms with Crippen LogP contribution in [0.5, 0.6) is 11.5 Å². The van der Waals surface area contributed by atoms with Gasteiger partial charge in [-0.25, -0.2) is 0 Å². The molecule has 1 aliphatic heterocycles. The first kappa shape index (κ1) is 20.3. The molecule has 9 heteroatoms. The third kappa shape index (κ3) is 3.22. The largest absolute Gasteiger partial charge is 0.508 e. The molecule has 1 aliphatic rings. The maximum absolute atomic E-state index is 13.0. The van der Waals surface area contributed by atoms with Crippen LogP contribution in [-0.2, 0) is 4.74 Å². The molecule has 9 nitrogen and oxygen atoms in total. The molecule has 1 fully saturated rings. The van der Waals surface area contributed by atoms with Crippen molar-refractivity contribution in [3.8, 4) is 22.6 Å². The fraction of sp³-hybridized carbons (Fsp3) is 0.286. The van der Waals surface area contributed by atoms with Gasteiger partial charge in [0.25, 0.3) is 0 Å². The van der Waals surface area contributed by atoms with Crippen LogP contribution in [0.4, 0.5) is 0 Å². The Kier molecular flexibility index (Phi) is 5.22. The zero-order valence-corrected chi connectivity index (χ0v) is 15.5. The lowest BCUT2D eigenvalue weighted by Gasteiger charge is -2.40. The highest BCUT2D eigenvalue weighted by Crippen LogP contribution is 2.40. The van der Waals surface area contributed by atoms with Crippen molar-refractivity contribution < 1.29 is 39.8 Å². The van der Waals surface area contributed by atoms with Crippen molar-refractivity contribution in [2.24, 2.45) is 0 Å². The van der Waals surface area contributed by atoms with E-state index in [4.69, 9.17) is 9.15 Å². The molecular weight excluding hydrogens is 396 g/mol. The van der Waals surface area contributed by atoms with Crippen LogP contribution in [0.15, 0.2) is 51.9 Å². The second-order valence-corrected chi connectivity index (χ2v) is 7.15. The van der Waals surface area contributed by atoms with E-state index in [1.54, 1.807) is 12.1 Å². The van der Waals surface area contributed by atoms with Gasteiger partial charge < -0.3 is 39.8 Å². The predicted octanol–water partition coefficient (Wildman–Crippen LogP) is 0.386. The summed E-state index contributed by atoms with van der Waals surface area (Å²) < 4.78 is 11.1. The van der Waals surface area contributed by atoms with Crippen LogP contribution in [0.3, 0.4) is 0 Å². The molecule has 2 aromatic carbocycles. The highest BCUT2D eigenvalue weighted by molar-refractivity contribution is 5.86. The smallest absolute Gasteiger partial charge is 0.200 e. The van der Waals surface area contributed by atoms with Gasteiger partial charge in [-0.05, 0) is 29.8 Å². The van der Waals surface area contributed by atoms with E-state index in [0.717, 1.165) is 0 Å². The molecular formula is C21H20O9. The number of hydrogen-bond acceptors (Lipinski definition) is 9. The quantitative estimate of drug-likeness (QED) is 0.355. The third-order valence-electron chi connectivity index (χ3n) is 5.31. The molecule has 0 saturated carbocycles. The fourth-order valence-electron chi connectivity index (χ4n) is 3.67. The van der Waals surface area contributed by atoms with Gasteiger partial charge in [0.15, 0.2) is 0 Å². The van der Waals surface area contributed by atoms with Crippen molar-refractivity contribution in [1.29, 1.82) is 0 Å². The Labute approximate surface area is 169 Å². The SMILES string of the molecule is O=c1c(-c2ccc(O)cc2)coc2c([C@H]3O[C@@H](CO)[C@@H](O)[C@H](O)[C@@H]3O)c(O)ccc12. The van der Waals surface area contributed by atoms with Crippen LogP contribution in [0.1, 0.15) is 11.7 Å². The van der Waals surface area contributed by atoms with Crippen LogP contribution < -0.4 is 5.43 Å². The molecule has 2 heterocycles. The number of aromatic hydroxyl groups is 2. The summed E-state index contributed by atoms with van der Waals surface area (Å²) in [5, 5.41) is 59.8. The molecule has 1 saturated heterocycles. The van der Waals surface area contributed by atoms with Gasteiger partial charge in [0.05, 0.1) is 23.1 Å². The number of rotatable bonds is 3. The average Bonchev–Trinajstić information content (AvgIpc) is 2.74. The molecule has 0 bridgehead atoms. The highest BCUT2D eigenvalue weighted by Gasteiger charge is 2.45. The van der Waals surface area contributed by atoms with Crippen LogP contribution in [0, 0.1) is 0 Å². The molecule has 4 rings (SSSR count). The zero-order chi connectivity index (χ0) is 21.6. The summed E-state index contributed by atoms with van der Waals surface area (Å²) in [7, 11) is 0. The van der Waals surface area contributed by atoms with E-state index in [0.29, 0.717) is 5.56 Å². The van der Waals surface area contributed by atoms with Gasteiger partial charge in [-0.1, -0.05) is 12.1 Å². The van der Waals surface area contributed by atoms with Gasteiger partial charge >= 0.3 is 0 Å². The zero-order valence-electron chi connectivity index (χ0n) is 15.5. The number of aliphatic hydroxyl groups is 4. The average molecular weight is 416 g/mol. The van der Waals surface area contributed by atoms with Gasteiger partial charge in [-0.3, -0.25) is 4.79 Å². The van der Waals surface area contributed by atoms with E-state index in [2.05, 4.69) is 0 Å². The van der Waals surface area contributed by atoms with E-state index >= 15 is 0 Å². The number of phenolic OH excluding ortho intramolecular Hbond substituents is 2. The number of fused-ring (bicyclic) bond motifs is 1. The van der Waals surface area contributed by atoms with E-state index in [1.165, 1.54) is 30.5 Å². The highest BCUT2D eigenvalue weighted by atomic mass is 16.5. The molecule has 3 aromatic rings. The lowest BCUT2D eigenvalue weighted by Crippen LogP contribution is -2.55. The van der Waals surface area contributed by atoms with Crippen LogP contribution >= 0.6 is 0 Å². The topological polar surface area (TPSA) is 161 Å². The van der Waals surface area contributed by atoms with Gasteiger partial charge in [0.1, 0.15) is 53.9 Å². The molecule has 0 radical (unpaired) electrons. The summed E-state index contributed by atoms with van der Waals surface area (Å²) in [6.45, 7) is -0.637. The molecule has 0 unspecified atom stereocenters.